The molecule has 1 N–H and O–H groups in total. The van der Waals surface area contributed by atoms with Crippen LogP contribution < -0.4 is 5.32 Å². The lowest BCUT2D eigenvalue weighted by molar-refractivity contribution is -0.0151. The van der Waals surface area contributed by atoms with Gasteiger partial charge in [0.15, 0.2) is 0 Å². The van der Waals surface area contributed by atoms with Crippen molar-refractivity contribution in [2.45, 2.75) is 44.8 Å². The summed E-state index contributed by atoms with van der Waals surface area (Å²) in [5.74, 6) is 0.907. The van der Waals surface area contributed by atoms with Gasteiger partial charge in [-0.2, -0.15) is 0 Å². The van der Waals surface area contributed by atoms with Crippen LogP contribution in [0.15, 0.2) is 0 Å². The van der Waals surface area contributed by atoms with Gasteiger partial charge >= 0.3 is 0 Å². The lowest BCUT2D eigenvalue weighted by Crippen LogP contribution is -2.43. The molecule has 0 aromatic heterocycles. The molecular weight excluding hydrogens is 200 g/mol. The van der Waals surface area contributed by atoms with Crippen molar-refractivity contribution in [1.82, 2.24) is 10.2 Å². The summed E-state index contributed by atoms with van der Waals surface area (Å²) < 4.78 is 5.61. The summed E-state index contributed by atoms with van der Waals surface area (Å²) in [7, 11) is 2.30. The van der Waals surface area contributed by atoms with E-state index in [4.69, 9.17) is 4.74 Å². The van der Waals surface area contributed by atoms with E-state index in [1.807, 2.05) is 0 Å². The molecule has 2 fully saturated rings. The van der Waals surface area contributed by atoms with Crippen molar-refractivity contribution in [3.63, 3.8) is 0 Å². The average molecular weight is 226 g/mol. The van der Waals surface area contributed by atoms with Crippen LogP contribution in [-0.2, 0) is 4.74 Å². The highest BCUT2D eigenvalue weighted by Gasteiger charge is 2.25. The lowest BCUT2D eigenvalue weighted by atomic mass is 9.95. The lowest BCUT2D eigenvalue weighted by Gasteiger charge is -2.37. The highest BCUT2D eigenvalue weighted by molar-refractivity contribution is 4.79. The highest BCUT2D eigenvalue weighted by Crippen LogP contribution is 2.21. The summed E-state index contributed by atoms with van der Waals surface area (Å²) in [6.45, 7) is 6.84. The first-order valence-corrected chi connectivity index (χ1v) is 6.78. The van der Waals surface area contributed by atoms with E-state index in [0.29, 0.717) is 6.10 Å². The van der Waals surface area contributed by atoms with Gasteiger partial charge in [-0.05, 0) is 58.7 Å². The van der Waals surface area contributed by atoms with Gasteiger partial charge in [-0.25, -0.2) is 0 Å². The van der Waals surface area contributed by atoms with Gasteiger partial charge in [0.2, 0.25) is 0 Å². The molecule has 2 aliphatic heterocycles. The van der Waals surface area contributed by atoms with Crippen LogP contribution in [0.4, 0.5) is 0 Å². The molecule has 94 valence electrons. The zero-order chi connectivity index (χ0) is 11.4. The second-order valence-electron chi connectivity index (χ2n) is 5.49. The molecule has 0 aromatic rings. The highest BCUT2D eigenvalue weighted by atomic mass is 16.5. The molecule has 2 aliphatic rings. The van der Waals surface area contributed by atoms with Gasteiger partial charge in [-0.3, -0.25) is 0 Å². The van der Waals surface area contributed by atoms with Gasteiger partial charge in [0, 0.05) is 19.2 Å². The molecule has 16 heavy (non-hydrogen) atoms. The Hall–Kier alpha value is -0.120. The van der Waals surface area contributed by atoms with Gasteiger partial charge in [0.05, 0.1) is 6.10 Å². The van der Waals surface area contributed by atoms with E-state index < -0.39 is 0 Å². The molecule has 2 saturated heterocycles. The van der Waals surface area contributed by atoms with Crippen LogP contribution in [0.1, 0.15) is 32.6 Å². The third kappa shape index (κ3) is 3.44. The standard InChI is InChI=1S/C13H26N2O/c1-11-9-13(5-8-16-11)15(2)10-12-3-6-14-7-4-12/h11-14H,3-10H2,1-2H3. The maximum atomic E-state index is 5.61. The molecular formula is C13H26N2O. The van der Waals surface area contributed by atoms with Crippen LogP contribution in [0.3, 0.4) is 0 Å². The van der Waals surface area contributed by atoms with Gasteiger partial charge in [0.1, 0.15) is 0 Å². The van der Waals surface area contributed by atoms with Crippen LogP contribution in [-0.4, -0.2) is 50.3 Å². The molecule has 0 aliphatic carbocycles. The average Bonchev–Trinajstić information content (AvgIpc) is 2.30. The second-order valence-corrected chi connectivity index (χ2v) is 5.49. The Balaban J connectivity index is 1.75. The Morgan fingerprint density at radius 2 is 2.00 bits per heavy atom. The van der Waals surface area contributed by atoms with Crippen molar-refractivity contribution in [2.75, 3.05) is 33.3 Å². The van der Waals surface area contributed by atoms with Crippen LogP contribution >= 0.6 is 0 Å². The van der Waals surface area contributed by atoms with E-state index >= 15 is 0 Å². The Kier molecular flexibility index (Phi) is 4.62. The molecule has 0 aromatic carbocycles. The fourth-order valence-electron chi connectivity index (χ4n) is 3.00. The molecule has 3 nitrogen and oxygen atoms in total. The number of ether oxygens (including phenoxy) is 1. The Morgan fingerprint density at radius 3 is 2.69 bits per heavy atom. The Labute approximate surface area is 99.5 Å². The van der Waals surface area contributed by atoms with E-state index in [1.165, 1.54) is 45.3 Å². The third-order valence-electron chi connectivity index (χ3n) is 4.09. The predicted octanol–water partition coefficient (Wildman–Crippen LogP) is 1.49. The third-order valence-corrected chi connectivity index (χ3v) is 4.09. The summed E-state index contributed by atoms with van der Waals surface area (Å²) in [6, 6.07) is 0.749. The number of piperidine rings is 1. The molecule has 2 unspecified atom stereocenters. The Morgan fingerprint density at radius 1 is 1.25 bits per heavy atom. The predicted molar refractivity (Wildman–Crippen MR) is 66.7 cm³/mol. The first kappa shape index (κ1) is 12.3. The van der Waals surface area contributed by atoms with E-state index in [9.17, 15) is 0 Å². The molecule has 2 rings (SSSR count). The summed E-state index contributed by atoms with van der Waals surface area (Å²) in [4.78, 5) is 2.58. The number of rotatable bonds is 3. The Bertz CT molecular complexity index is 204. The largest absolute Gasteiger partial charge is 0.378 e. The summed E-state index contributed by atoms with van der Waals surface area (Å²) in [5, 5.41) is 3.44. The molecule has 0 bridgehead atoms. The van der Waals surface area contributed by atoms with E-state index in [0.717, 1.165) is 18.6 Å². The van der Waals surface area contributed by atoms with E-state index in [-0.39, 0.29) is 0 Å². The summed E-state index contributed by atoms with van der Waals surface area (Å²) in [5.41, 5.74) is 0. The first-order chi connectivity index (χ1) is 7.75. The monoisotopic (exact) mass is 226 g/mol. The molecule has 0 amide bonds. The maximum Gasteiger partial charge on any atom is 0.0561 e. The van der Waals surface area contributed by atoms with Gasteiger partial charge < -0.3 is 15.0 Å². The van der Waals surface area contributed by atoms with Crippen LogP contribution in [0.2, 0.25) is 0 Å². The van der Waals surface area contributed by atoms with Crippen molar-refractivity contribution in [1.29, 1.82) is 0 Å². The fourth-order valence-corrected chi connectivity index (χ4v) is 3.00. The molecule has 0 spiro atoms. The van der Waals surface area contributed by atoms with Crippen molar-refractivity contribution < 1.29 is 4.74 Å². The van der Waals surface area contributed by atoms with Crippen LogP contribution in [0.5, 0.6) is 0 Å². The summed E-state index contributed by atoms with van der Waals surface area (Å²) in [6.07, 6.45) is 5.58. The second kappa shape index (κ2) is 5.99. The molecule has 0 saturated carbocycles. The van der Waals surface area contributed by atoms with Gasteiger partial charge in [-0.15, -0.1) is 0 Å². The quantitative estimate of drug-likeness (QED) is 0.789. The van der Waals surface area contributed by atoms with Crippen LogP contribution in [0.25, 0.3) is 0 Å². The SMILES string of the molecule is CC1CC(N(C)CC2CCNCC2)CCO1. The van der Waals surface area contributed by atoms with E-state index in [2.05, 4.69) is 24.2 Å². The normalized spacial score (nSPS) is 33.2. The fraction of sp³-hybridized carbons (Fsp3) is 1.00. The van der Waals surface area contributed by atoms with Gasteiger partial charge in [0.25, 0.3) is 0 Å². The molecule has 3 heteroatoms. The van der Waals surface area contributed by atoms with Gasteiger partial charge in [-0.1, -0.05) is 0 Å². The minimum atomic E-state index is 0.453. The van der Waals surface area contributed by atoms with E-state index in [1.54, 1.807) is 0 Å². The van der Waals surface area contributed by atoms with Crippen molar-refractivity contribution in [3.05, 3.63) is 0 Å². The van der Waals surface area contributed by atoms with Crippen molar-refractivity contribution >= 4 is 0 Å². The first-order valence-electron chi connectivity index (χ1n) is 6.78. The smallest absolute Gasteiger partial charge is 0.0561 e. The van der Waals surface area contributed by atoms with Crippen LogP contribution in [0, 0.1) is 5.92 Å². The number of hydrogen-bond acceptors (Lipinski definition) is 3. The zero-order valence-corrected chi connectivity index (χ0v) is 10.7. The van der Waals surface area contributed by atoms with Crippen molar-refractivity contribution in [2.24, 2.45) is 5.92 Å². The zero-order valence-electron chi connectivity index (χ0n) is 10.7. The number of nitrogens with one attached hydrogen (secondary N) is 1. The van der Waals surface area contributed by atoms with Crippen molar-refractivity contribution in [3.8, 4) is 0 Å². The topological polar surface area (TPSA) is 24.5 Å². The maximum absolute atomic E-state index is 5.61. The minimum absolute atomic E-state index is 0.453. The minimum Gasteiger partial charge on any atom is -0.378 e. The summed E-state index contributed by atoms with van der Waals surface area (Å²) >= 11 is 0. The molecule has 2 atom stereocenters. The number of hydrogen-bond donors (Lipinski definition) is 1. The molecule has 2 heterocycles. The molecule has 0 radical (unpaired) electrons. The number of nitrogens with zero attached hydrogens (tertiary/aromatic N) is 1.